The van der Waals surface area contributed by atoms with Crippen LogP contribution in [0.15, 0.2) is 38.4 Å². The molecule has 0 spiro atoms. The van der Waals surface area contributed by atoms with E-state index < -0.39 is 21.7 Å². The molecule has 25 heavy (non-hydrogen) atoms. The Morgan fingerprint density at radius 1 is 1.32 bits per heavy atom. The van der Waals surface area contributed by atoms with Crippen molar-refractivity contribution in [3.8, 4) is 0 Å². The second-order valence-corrected chi connectivity index (χ2v) is 8.12. The molecule has 0 aliphatic carbocycles. The average molecular weight is 381 g/mol. The third-order valence-corrected chi connectivity index (χ3v) is 6.19. The third-order valence-electron chi connectivity index (χ3n) is 3.57. The zero-order valence-corrected chi connectivity index (χ0v) is 15.0. The lowest BCUT2D eigenvalue weighted by Crippen LogP contribution is -2.41. The molecule has 0 aliphatic rings. The van der Waals surface area contributed by atoms with Crippen LogP contribution in [-0.2, 0) is 16.4 Å². The van der Waals surface area contributed by atoms with E-state index in [4.69, 9.17) is 4.42 Å². The van der Waals surface area contributed by atoms with Gasteiger partial charge in [-0.05, 0) is 37.1 Å². The quantitative estimate of drug-likeness (QED) is 0.581. The van der Waals surface area contributed by atoms with E-state index in [-0.39, 0.29) is 10.5 Å². The number of sulfonamides is 1. The van der Waals surface area contributed by atoms with Gasteiger partial charge in [-0.2, -0.15) is 0 Å². The molecule has 1 amide bonds. The lowest BCUT2D eigenvalue weighted by atomic mass is 10.2. The maximum absolute atomic E-state index is 12.3. The molecule has 3 rings (SSSR count). The normalized spacial score (nSPS) is 11.8. The van der Waals surface area contributed by atoms with Gasteiger partial charge in [-0.15, -0.1) is 16.2 Å². The maximum atomic E-state index is 12.3. The van der Waals surface area contributed by atoms with Crippen molar-refractivity contribution < 1.29 is 17.6 Å². The fraction of sp³-hybridized carbons (Fsp3) is 0.200. The first-order valence-corrected chi connectivity index (χ1v) is 9.64. The summed E-state index contributed by atoms with van der Waals surface area (Å²) >= 11 is 1.32. The second-order valence-electron chi connectivity index (χ2n) is 5.30. The van der Waals surface area contributed by atoms with Gasteiger partial charge < -0.3 is 4.42 Å². The van der Waals surface area contributed by atoms with Gasteiger partial charge in [0.15, 0.2) is 5.58 Å². The number of aryl methyl sites for hydroxylation is 2. The van der Waals surface area contributed by atoms with Crippen LogP contribution in [0.2, 0.25) is 0 Å². The van der Waals surface area contributed by atoms with Crippen molar-refractivity contribution >= 4 is 38.4 Å². The molecule has 0 fully saturated rings. The molecule has 0 unspecified atom stereocenters. The molecule has 10 heteroatoms. The SMILES string of the molecule is CCc1sc(C(=O)NNS(=O)(=O)c2ccc3[nH]c(=O)oc3c2)cc1C. The number of oxazole rings is 1. The number of fused-ring (bicyclic) bond motifs is 1. The number of thiophene rings is 1. The van der Waals surface area contributed by atoms with Gasteiger partial charge in [0.2, 0.25) is 0 Å². The fourth-order valence-electron chi connectivity index (χ4n) is 2.31. The van der Waals surface area contributed by atoms with E-state index in [0.717, 1.165) is 16.9 Å². The van der Waals surface area contributed by atoms with Crippen molar-refractivity contribution in [2.75, 3.05) is 0 Å². The molecule has 3 aromatic rings. The summed E-state index contributed by atoms with van der Waals surface area (Å²) in [5.74, 6) is -1.21. The Kier molecular flexibility index (Phi) is 4.50. The summed E-state index contributed by atoms with van der Waals surface area (Å²) in [5, 5.41) is 0. The van der Waals surface area contributed by atoms with E-state index in [2.05, 4.69) is 10.4 Å². The van der Waals surface area contributed by atoms with Crippen LogP contribution < -0.4 is 16.0 Å². The number of aromatic amines is 1. The number of hydrogen-bond acceptors (Lipinski definition) is 6. The summed E-state index contributed by atoms with van der Waals surface area (Å²) in [6.45, 7) is 3.88. The molecular formula is C15H15N3O5S2. The van der Waals surface area contributed by atoms with E-state index in [1.165, 1.54) is 29.5 Å². The first-order valence-electron chi connectivity index (χ1n) is 7.34. The summed E-state index contributed by atoms with van der Waals surface area (Å²) in [5.41, 5.74) is 3.68. The minimum absolute atomic E-state index is 0.112. The van der Waals surface area contributed by atoms with Crippen molar-refractivity contribution in [3.05, 3.63) is 50.1 Å². The number of rotatable bonds is 5. The number of hydrazine groups is 1. The number of carbonyl (C=O) groups is 1. The van der Waals surface area contributed by atoms with Gasteiger partial charge in [-0.25, -0.2) is 13.2 Å². The van der Waals surface area contributed by atoms with E-state index in [1.54, 1.807) is 6.07 Å². The first kappa shape index (κ1) is 17.4. The highest BCUT2D eigenvalue weighted by Gasteiger charge is 2.18. The summed E-state index contributed by atoms with van der Waals surface area (Å²) in [7, 11) is -4.01. The van der Waals surface area contributed by atoms with Gasteiger partial charge in [-0.1, -0.05) is 6.92 Å². The van der Waals surface area contributed by atoms with E-state index >= 15 is 0 Å². The number of nitrogens with one attached hydrogen (secondary N) is 3. The Morgan fingerprint density at radius 2 is 2.08 bits per heavy atom. The first-order chi connectivity index (χ1) is 11.8. The number of aromatic nitrogens is 1. The predicted octanol–water partition coefficient (Wildman–Crippen LogP) is 1.68. The molecule has 0 radical (unpaired) electrons. The van der Waals surface area contributed by atoms with Crippen molar-refractivity contribution in [1.82, 2.24) is 15.2 Å². The number of hydrogen-bond donors (Lipinski definition) is 3. The molecule has 0 aliphatic heterocycles. The number of carbonyl (C=O) groups excluding carboxylic acids is 1. The standard InChI is InChI=1S/C15H15N3O5S2/c1-3-12-8(2)6-13(24-12)14(19)17-18-25(21,22)9-4-5-10-11(7-9)23-15(20)16-10/h4-7,18H,3H2,1-2H3,(H,16,20)(H,17,19). The molecule has 8 nitrogen and oxygen atoms in total. The van der Waals surface area contributed by atoms with Crippen LogP contribution in [0.5, 0.6) is 0 Å². The Labute approximate surface area is 146 Å². The van der Waals surface area contributed by atoms with E-state index in [1.807, 2.05) is 18.7 Å². The van der Waals surface area contributed by atoms with Crippen LogP contribution in [0.1, 0.15) is 27.0 Å². The van der Waals surface area contributed by atoms with Crippen molar-refractivity contribution in [1.29, 1.82) is 0 Å². The van der Waals surface area contributed by atoms with Gasteiger partial charge in [0, 0.05) is 10.9 Å². The van der Waals surface area contributed by atoms with Crippen LogP contribution in [0.4, 0.5) is 0 Å². The highest BCUT2D eigenvalue weighted by atomic mass is 32.2. The topological polar surface area (TPSA) is 121 Å². The molecule has 0 bridgehead atoms. The summed E-state index contributed by atoms with van der Waals surface area (Å²) in [6, 6.07) is 5.62. The molecule has 2 heterocycles. The molecule has 0 saturated carbocycles. The van der Waals surface area contributed by atoms with E-state index in [0.29, 0.717) is 10.4 Å². The molecular weight excluding hydrogens is 366 g/mol. The zero-order valence-electron chi connectivity index (χ0n) is 13.4. The molecule has 0 saturated heterocycles. The third kappa shape index (κ3) is 3.50. The van der Waals surface area contributed by atoms with Crippen LogP contribution >= 0.6 is 11.3 Å². The van der Waals surface area contributed by atoms with Gasteiger partial charge in [0.25, 0.3) is 15.9 Å². The van der Waals surface area contributed by atoms with Crippen LogP contribution in [0, 0.1) is 6.92 Å². The number of amides is 1. The zero-order chi connectivity index (χ0) is 18.2. The van der Waals surface area contributed by atoms with Crippen molar-refractivity contribution in [2.45, 2.75) is 25.2 Å². The lowest BCUT2D eigenvalue weighted by Gasteiger charge is -2.07. The largest absolute Gasteiger partial charge is 0.417 e. The highest BCUT2D eigenvalue weighted by molar-refractivity contribution is 7.89. The molecule has 0 atom stereocenters. The Hall–Kier alpha value is -2.43. The minimum atomic E-state index is -4.01. The summed E-state index contributed by atoms with van der Waals surface area (Å²) < 4.78 is 29.4. The molecule has 1 aromatic carbocycles. The predicted molar refractivity (Wildman–Crippen MR) is 93.1 cm³/mol. The van der Waals surface area contributed by atoms with E-state index in [9.17, 15) is 18.0 Å². The number of H-pyrrole nitrogens is 1. The monoisotopic (exact) mass is 381 g/mol. The second kappa shape index (κ2) is 6.47. The smallest absolute Gasteiger partial charge is 0.408 e. The Bertz CT molecular complexity index is 1110. The lowest BCUT2D eigenvalue weighted by molar-refractivity contribution is 0.0949. The maximum Gasteiger partial charge on any atom is 0.417 e. The fourth-order valence-corrected chi connectivity index (χ4v) is 4.17. The highest BCUT2D eigenvalue weighted by Crippen LogP contribution is 2.22. The van der Waals surface area contributed by atoms with Crippen LogP contribution in [-0.4, -0.2) is 19.3 Å². The molecule has 2 aromatic heterocycles. The summed E-state index contributed by atoms with van der Waals surface area (Å²) in [6.07, 6.45) is 0.803. The van der Waals surface area contributed by atoms with Crippen molar-refractivity contribution in [3.63, 3.8) is 0 Å². The van der Waals surface area contributed by atoms with Gasteiger partial charge in [-0.3, -0.25) is 15.2 Å². The Balaban J connectivity index is 1.77. The molecule has 132 valence electrons. The van der Waals surface area contributed by atoms with Gasteiger partial charge >= 0.3 is 5.76 Å². The number of benzene rings is 1. The van der Waals surface area contributed by atoms with Crippen LogP contribution in [0.25, 0.3) is 11.1 Å². The average Bonchev–Trinajstić information content (AvgIpc) is 3.13. The summed E-state index contributed by atoms with van der Waals surface area (Å²) in [4.78, 5) is 29.1. The van der Waals surface area contributed by atoms with Crippen molar-refractivity contribution in [2.24, 2.45) is 0 Å². The van der Waals surface area contributed by atoms with Gasteiger partial charge in [0.05, 0.1) is 15.3 Å². The van der Waals surface area contributed by atoms with Gasteiger partial charge in [0.1, 0.15) is 0 Å². The minimum Gasteiger partial charge on any atom is -0.408 e. The Morgan fingerprint density at radius 3 is 2.76 bits per heavy atom. The molecule has 3 N–H and O–H groups in total. The van der Waals surface area contributed by atoms with Crippen LogP contribution in [0.3, 0.4) is 0 Å².